The highest BCUT2D eigenvalue weighted by Crippen LogP contribution is 2.19. The lowest BCUT2D eigenvalue weighted by Crippen LogP contribution is -1.85. The normalized spacial score (nSPS) is 9.47. The first kappa shape index (κ1) is 9.54. The van der Waals surface area contributed by atoms with E-state index in [-0.39, 0.29) is 0 Å². The molecule has 0 fully saturated rings. The van der Waals surface area contributed by atoms with Crippen molar-refractivity contribution in [2.45, 2.75) is 13.8 Å². The van der Waals surface area contributed by atoms with Gasteiger partial charge in [-0.25, -0.2) is 0 Å². The summed E-state index contributed by atoms with van der Waals surface area (Å²) in [4.78, 5) is 4.41. The Hall–Kier alpha value is -2.01. The number of aryl methyl sites for hydroxylation is 1. The van der Waals surface area contributed by atoms with Crippen LogP contribution in [0.1, 0.15) is 12.6 Å². The molecule has 2 rings (SSSR count). The third kappa shape index (κ3) is 2.08. The Bertz CT molecular complexity index is 549. The topological polar surface area (TPSA) is 22.1 Å². The number of fused-ring (bicyclic) bond motifs is 1. The Labute approximate surface area is 88.9 Å². The first-order valence-corrected chi connectivity index (χ1v) is 4.75. The summed E-state index contributed by atoms with van der Waals surface area (Å²) in [5, 5.41) is 1.07. The first-order chi connectivity index (χ1) is 7.29. The molecular formula is C13H11NO. The molecule has 1 heterocycles. The Morgan fingerprint density at radius 3 is 2.87 bits per heavy atom. The van der Waals surface area contributed by atoms with Gasteiger partial charge in [0.2, 0.25) is 0 Å². The Morgan fingerprint density at radius 2 is 2.07 bits per heavy atom. The molecule has 74 valence electrons. The zero-order chi connectivity index (χ0) is 10.7. The van der Waals surface area contributed by atoms with Gasteiger partial charge in [-0.3, -0.25) is 4.98 Å². The number of hydrogen-bond donors (Lipinski definition) is 0. The Kier molecular flexibility index (Phi) is 2.55. The fourth-order valence-electron chi connectivity index (χ4n) is 1.38. The maximum absolute atomic E-state index is 5.20. The fraction of sp³-hybridized carbons (Fsp3) is 0.154. The number of rotatable bonds is 1. The van der Waals surface area contributed by atoms with Gasteiger partial charge < -0.3 is 4.74 Å². The third-order valence-corrected chi connectivity index (χ3v) is 2.07. The van der Waals surface area contributed by atoms with Crippen molar-refractivity contribution in [2.24, 2.45) is 0 Å². The lowest BCUT2D eigenvalue weighted by Gasteiger charge is -2.01. The average Bonchev–Trinajstić information content (AvgIpc) is 2.26. The van der Waals surface area contributed by atoms with Crippen LogP contribution in [0.5, 0.6) is 5.75 Å². The minimum atomic E-state index is 0.752. The highest BCUT2D eigenvalue weighted by atomic mass is 16.5. The second kappa shape index (κ2) is 4.02. The molecule has 1 aromatic carbocycles. The minimum absolute atomic E-state index is 0.752. The van der Waals surface area contributed by atoms with Crippen LogP contribution >= 0.6 is 0 Å². The molecule has 0 aliphatic heterocycles. The van der Waals surface area contributed by atoms with Crippen molar-refractivity contribution >= 4 is 10.9 Å². The summed E-state index contributed by atoms with van der Waals surface area (Å²) >= 11 is 0. The van der Waals surface area contributed by atoms with Gasteiger partial charge in [-0.1, -0.05) is 12.0 Å². The molecule has 0 saturated carbocycles. The molecule has 2 aromatic rings. The smallest absolute Gasteiger partial charge is 0.140 e. The van der Waals surface area contributed by atoms with E-state index in [1.54, 1.807) is 6.92 Å². The largest absolute Gasteiger partial charge is 0.408 e. The number of ether oxygens (including phenoxy) is 1. The van der Waals surface area contributed by atoms with Crippen LogP contribution < -0.4 is 4.74 Å². The number of nitrogens with zero attached hydrogens (tertiary/aromatic N) is 1. The van der Waals surface area contributed by atoms with Crippen LogP contribution in [0.4, 0.5) is 0 Å². The van der Waals surface area contributed by atoms with Crippen LogP contribution in [0.15, 0.2) is 30.3 Å². The molecule has 2 nitrogen and oxygen atoms in total. The van der Waals surface area contributed by atoms with E-state index in [2.05, 4.69) is 17.0 Å². The van der Waals surface area contributed by atoms with Gasteiger partial charge in [0.25, 0.3) is 0 Å². The van der Waals surface area contributed by atoms with Gasteiger partial charge in [0.05, 0.1) is 5.52 Å². The van der Waals surface area contributed by atoms with E-state index in [0.29, 0.717) is 0 Å². The summed E-state index contributed by atoms with van der Waals surface area (Å²) in [6, 6.07) is 9.77. The SMILES string of the molecule is CC#COc1ccc2nc(C)ccc2c1. The van der Waals surface area contributed by atoms with Gasteiger partial charge in [0, 0.05) is 18.0 Å². The van der Waals surface area contributed by atoms with E-state index in [9.17, 15) is 0 Å². The molecular weight excluding hydrogens is 186 g/mol. The number of hydrogen-bond acceptors (Lipinski definition) is 2. The maximum Gasteiger partial charge on any atom is 0.140 e. The number of aromatic nitrogens is 1. The van der Waals surface area contributed by atoms with Crippen LogP contribution in [0.25, 0.3) is 10.9 Å². The molecule has 0 bridgehead atoms. The van der Waals surface area contributed by atoms with Gasteiger partial charge in [0.15, 0.2) is 0 Å². The van der Waals surface area contributed by atoms with Crippen molar-refractivity contribution in [1.29, 1.82) is 0 Å². The Morgan fingerprint density at radius 1 is 1.20 bits per heavy atom. The molecule has 0 radical (unpaired) electrons. The summed E-state index contributed by atoms with van der Waals surface area (Å²) < 4.78 is 5.20. The summed E-state index contributed by atoms with van der Waals surface area (Å²) in [5.41, 5.74) is 2.00. The van der Waals surface area contributed by atoms with E-state index < -0.39 is 0 Å². The van der Waals surface area contributed by atoms with Crippen molar-refractivity contribution in [3.63, 3.8) is 0 Å². The first-order valence-electron chi connectivity index (χ1n) is 4.75. The summed E-state index contributed by atoms with van der Waals surface area (Å²) in [7, 11) is 0. The molecule has 15 heavy (non-hydrogen) atoms. The quantitative estimate of drug-likeness (QED) is 0.656. The van der Waals surface area contributed by atoms with Crippen molar-refractivity contribution in [3.8, 4) is 17.8 Å². The van der Waals surface area contributed by atoms with Crippen LogP contribution in [0.2, 0.25) is 0 Å². The molecule has 0 N–H and O–H groups in total. The molecule has 0 aliphatic carbocycles. The second-order valence-corrected chi connectivity index (χ2v) is 3.26. The molecule has 0 aliphatic rings. The number of pyridine rings is 1. The van der Waals surface area contributed by atoms with Gasteiger partial charge in [-0.2, -0.15) is 0 Å². The lowest BCUT2D eigenvalue weighted by molar-refractivity contribution is 0.520. The fourth-order valence-corrected chi connectivity index (χ4v) is 1.38. The molecule has 0 unspecified atom stereocenters. The zero-order valence-corrected chi connectivity index (χ0v) is 8.74. The summed E-state index contributed by atoms with van der Waals surface area (Å²) in [6.07, 6.45) is 2.57. The predicted molar refractivity (Wildman–Crippen MR) is 60.6 cm³/mol. The van der Waals surface area contributed by atoms with E-state index in [1.807, 2.05) is 37.3 Å². The van der Waals surface area contributed by atoms with Crippen molar-refractivity contribution in [3.05, 3.63) is 36.0 Å². The molecule has 0 amide bonds. The standard InChI is InChI=1S/C13H11NO/c1-3-8-15-12-6-7-13-11(9-12)5-4-10(2)14-13/h4-7,9H,1-2H3. The molecule has 0 saturated heterocycles. The van der Waals surface area contributed by atoms with Crippen LogP contribution in [0.3, 0.4) is 0 Å². The van der Waals surface area contributed by atoms with Crippen molar-refractivity contribution < 1.29 is 4.74 Å². The molecule has 2 heteroatoms. The zero-order valence-electron chi connectivity index (χ0n) is 8.74. The monoisotopic (exact) mass is 197 g/mol. The third-order valence-electron chi connectivity index (χ3n) is 2.07. The molecule has 0 spiro atoms. The van der Waals surface area contributed by atoms with E-state index in [1.165, 1.54) is 0 Å². The van der Waals surface area contributed by atoms with Gasteiger partial charge >= 0.3 is 0 Å². The van der Waals surface area contributed by atoms with Crippen molar-refractivity contribution in [2.75, 3.05) is 0 Å². The predicted octanol–water partition coefficient (Wildman–Crippen LogP) is 2.90. The van der Waals surface area contributed by atoms with E-state index in [4.69, 9.17) is 4.74 Å². The van der Waals surface area contributed by atoms with Gasteiger partial charge in [-0.15, -0.1) is 0 Å². The molecule has 1 aromatic heterocycles. The van der Waals surface area contributed by atoms with Crippen LogP contribution in [-0.2, 0) is 0 Å². The minimum Gasteiger partial charge on any atom is -0.408 e. The second-order valence-electron chi connectivity index (χ2n) is 3.26. The summed E-state index contributed by atoms with van der Waals surface area (Å²) in [5.74, 6) is 3.44. The van der Waals surface area contributed by atoms with Gasteiger partial charge in [-0.05, 0) is 31.2 Å². The summed E-state index contributed by atoms with van der Waals surface area (Å²) in [6.45, 7) is 3.72. The van der Waals surface area contributed by atoms with E-state index >= 15 is 0 Å². The maximum atomic E-state index is 5.20. The van der Waals surface area contributed by atoms with Crippen LogP contribution in [-0.4, -0.2) is 4.98 Å². The average molecular weight is 197 g/mol. The van der Waals surface area contributed by atoms with Gasteiger partial charge in [0.1, 0.15) is 11.9 Å². The lowest BCUT2D eigenvalue weighted by atomic mass is 10.2. The van der Waals surface area contributed by atoms with Crippen molar-refractivity contribution in [1.82, 2.24) is 4.98 Å². The van der Waals surface area contributed by atoms with Crippen LogP contribution in [0, 0.1) is 19.0 Å². The highest BCUT2D eigenvalue weighted by Gasteiger charge is 1.97. The number of benzene rings is 1. The van der Waals surface area contributed by atoms with E-state index in [0.717, 1.165) is 22.3 Å². The highest BCUT2D eigenvalue weighted by molar-refractivity contribution is 5.80. The molecule has 0 atom stereocenters. The Balaban J connectivity index is 2.46.